The predicted octanol–water partition coefficient (Wildman–Crippen LogP) is 2.82. The molecule has 1 N–H and O–H groups in total. The normalized spacial score (nSPS) is 16.2. The molecule has 1 fully saturated rings. The number of carbonyl (C=O) groups is 3. The average molecular weight is 448 g/mol. The molecule has 160 valence electrons. The molecular formula is C22H16N4O5S. The van der Waals surface area contributed by atoms with Gasteiger partial charge >= 0.3 is 0 Å². The maximum atomic E-state index is 12.7. The first kappa shape index (κ1) is 20.0. The second kappa shape index (κ2) is 8.31. The molecule has 9 nitrogen and oxygen atoms in total. The number of rotatable bonds is 5. The molecule has 3 heterocycles. The second-order valence-electron chi connectivity index (χ2n) is 6.95. The molecule has 0 saturated carbocycles. The highest BCUT2D eigenvalue weighted by Crippen LogP contribution is 2.36. The molecule has 5 rings (SSSR count). The minimum atomic E-state index is -0.425. The standard InChI is InChI=1S/C22H16N4O5S/c27-20(16-11-24-14-3-1-2-4-15(14)25-16)23-7-8-26-21(28)19(32-22(26)29)10-13-5-6-17-18(9-13)31-12-30-17/h1-6,9-11H,7-8,12H2,(H,23,27)/b19-10+. The van der Waals surface area contributed by atoms with E-state index in [0.717, 1.165) is 22.2 Å². The maximum absolute atomic E-state index is 12.7. The third kappa shape index (κ3) is 3.87. The van der Waals surface area contributed by atoms with Gasteiger partial charge in [-0.1, -0.05) is 18.2 Å². The Labute approximate surface area is 186 Å². The summed E-state index contributed by atoms with van der Waals surface area (Å²) in [6.45, 7) is 0.310. The number of nitrogens with zero attached hydrogens (tertiary/aromatic N) is 3. The zero-order valence-corrected chi connectivity index (χ0v) is 17.4. The first-order valence-electron chi connectivity index (χ1n) is 9.73. The monoisotopic (exact) mass is 448 g/mol. The molecule has 2 aliphatic rings. The first-order valence-corrected chi connectivity index (χ1v) is 10.6. The Hall–Kier alpha value is -3.92. The minimum absolute atomic E-state index is 0.0515. The maximum Gasteiger partial charge on any atom is 0.293 e. The van der Waals surface area contributed by atoms with Crippen LogP contribution in [0.4, 0.5) is 4.79 Å². The molecule has 32 heavy (non-hydrogen) atoms. The lowest BCUT2D eigenvalue weighted by Crippen LogP contribution is -2.37. The zero-order chi connectivity index (χ0) is 22.1. The van der Waals surface area contributed by atoms with E-state index in [0.29, 0.717) is 27.4 Å². The van der Waals surface area contributed by atoms with Crippen molar-refractivity contribution in [2.75, 3.05) is 19.9 Å². The number of imide groups is 1. The third-order valence-electron chi connectivity index (χ3n) is 4.87. The van der Waals surface area contributed by atoms with Gasteiger partial charge in [-0.3, -0.25) is 24.3 Å². The summed E-state index contributed by atoms with van der Waals surface area (Å²) in [6.07, 6.45) is 3.03. The lowest BCUT2D eigenvalue weighted by molar-refractivity contribution is -0.122. The summed E-state index contributed by atoms with van der Waals surface area (Å²) < 4.78 is 10.6. The van der Waals surface area contributed by atoms with Crippen molar-refractivity contribution in [3.05, 3.63) is 64.8 Å². The van der Waals surface area contributed by atoms with Crippen molar-refractivity contribution < 1.29 is 23.9 Å². The van der Waals surface area contributed by atoms with Gasteiger partial charge in [0.2, 0.25) is 6.79 Å². The third-order valence-corrected chi connectivity index (χ3v) is 5.78. The van der Waals surface area contributed by atoms with Crippen molar-refractivity contribution >= 4 is 45.9 Å². The van der Waals surface area contributed by atoms with Crippen LogP contribution in [0.3, 0.4) is 0 Å². The van der Waals surface area contributed by atoms with Crippen LogP contribution in [0, 0.1) is 0 Å². The highest BCUT2D eigenvalue weighted by molar-refractivity contribution is 8.18. The number of carbonyl (C=O) groups excluding carboxylic acids is 3. The van der Waals surface area contributed by atoms with Crippen molar-refractivity contribution in [3.63, 3.8) is 0 Å². The molecule has 0 atom stereocenters. The number of fused-ring (bicyclic) bond motifs is 2. The van der Waals surface area contributed by atoms with Crippen molar-refractivity contribution in [2.24, 2.45) is 0 Å². The Bertz CT molecular complexity index is 1290. The molecule has 1 aromatic heterocycles. The fraction of sp³-hybridized carbons (Fsp3) is 0.136. The van der Waals surface area contributed by atoms with Crippen molar-refractivity contribution in [1.82, 2.24) is 20.2 Å². The summed E-state index contributed by atoms with van der Waals surface area (Å²) in [6, 6.07) is 12.5. The van der Waals surface area contributed by atoms with Crippen LogP contribution in [0.25, 0.3) is 17.1 Å². The van der Waals surface area contributed by atoms with Crippen LogP contribution in [0.15, 0.2) is 53.6 Å². The van der Waals surface area contributed by atoms with E-state index in [4.69, 9.17) is 9.47 Å². The molecule has 0 unspecified atom stereocenters. The molecule has 10 heteroatoms. The highest BCUT2D eigenvalue weighted by atomic mass is 32.2. The molecular weight excluding hydrogens is 432 g/mol. The Morgan fingerprint density at radius 3 is 2.81 bits per heavy atom. The van der Waals surface area contributed by atoms with Gasteiger partial charge in [-0.05, 0) is 47.7 Å². The molecule has 3 aromatic rings. The number of para-hydroxylation sites is 2. The number of aromatic nitrogens is 2. The van der Waals surface area contributed by atoms with Crippen LogP contribution in [-0.2, 0) is 4.79 Å². The molecule has 0 radical (unpaired) electrons. The van der Waals surface area contributed by atoms with Gasteiger partial charge in [0.05, 0.1) is 22.1 Å². The Morgan fingerprint density at radius 2 is 1.94 bits per heavy atom. The van der Waals surface area contributed by atoms with Crippen LogP contribution in [0.1, 0.15) is 16.1 Å². The lowest BCUT2D eigenvalue weighted by atomic mass is 10.2. The van der Waals surface area contributed by atoms with E-state index in [1.165, 1.54) is 6.20 Å². The van der Waals surface area contributed by atoms with E-state index >= 15 is 0 Å². The molecule has 2 aliphatic heterocycles. The average Bonchev–Trinajstić information content (AvgIpc) is 3.38. The Morgan fingerprint density at radius 1 is 1.12 bits per heavy atom. The van der Waals surface area contributed by atoms with Gasteiger partial charge < -0.3 is 14.8 Å². The molecule has 3 amide bonds. The summed E-state index contributed by atoms with van der Waals surface area (Å²) >= 11 is 0.858. The van der Waals surface area contributed by atoms with Gasteiger partial charge in [0.25, 0.3) is 17.1 Å². The molecule has 0 bridgehead atoms. The number of hydrogen-bond donors (Lipinski definition) is 1. The largest absolute Gasteiger partial charge is 0.454 e. The molecule has 0 aliphatic carbocycles. The van der Waals surface area contributed by atoms with Crippen LogP contribution < -0.4 is 14.8 Å². The number of amides is 3. The number of hydrogen-bond acceptors (Lipinski definition) is 8. The van der Waals surface area contributed by atoms with Crippen molar-refractivity contribution in [2.45, 2.75) is 0 Å². The van der Waals surface area contributed by atoms with Crippen molar-refractivity contribution in [3.8, 4) is 11.5 Å². The topological polar surface area (TPSA) is 111 Å². The lowest BCUT2D eigenvalue weighted by Gasteiger charge is -2.12. The van der Waals surface area contributed by atoms with Crippen LogP contribution in [0.2, 0.25) is 0 Å². The Kier molecular flexibility index (Phi) is 5.20. The first-order chi connectivity index (χ1) is 15.6. The number of nitrogens with one attached hydrogen (secondary N) is 1. The van der Waals surface area contributed by atoms with Crippen LogP contribution in [0.5, 0.6) is 11.5 Å². The fourth-order valence-electron chi connectivity index (χ4n) is 3.29. The predicted molar refractivity (Wildman–Crippen MR) is 117 cm³/mol. The minimum Gasteiger partial charge on any atom is -0.454 e. The van der Waals surface area contributed by atoms with E-state index in [-0.39, 0.29) is 30.8 Å². The van der Waals surface area contributed by atoms with E-state index in [2.05, 4.69) is 15.3 Å². The SMILES string of the molecule is O=C(NCCN1C(=O)S/C(=C/c2ccc3c(c2)OCO3)C1=O)c1cnc2ccccc2n1. The van der Waals surface area contributed by atoms with E-state index in [9.17, 15) is 14.4 Å². The van der Waals surface area contributed by atoms with Crippen LogP contribution >= 0.6 is 11.8 Å². The zero-order valence-electron chi connectivity index (χ0n) is 16.6. The van der Waals surface area contributed by atoms with Gasteiger partial charge in [-0.2, -0.15) is 0 Å². The summed E-state index contributed by atoms with van der Waals surface area (Å²) in [5.74, 6) is 0.406. The Balaban J connectivity index is 1.21. The second-order valence-corrected chi connectivity index (χ2v) is 7.94. The summed E-state index contributed by atoms with van der Waals surface area (Å²) in [4.78, 5) is 47.3. The molecule has 0 spiro atoms. The quantitative estimate of drug-likeness (QED) is 0.594. The van der Waals surface area contributed by atoms with Gasteiger partial charge in [0.15, 0.2) is 11.5 Å². The van der Waals surface area contributed by atoms with Gasteiger partial charge in [0.1, 0.15) is 5.69 Å². The van der Waals surface area contributed by atoms with E-state index in [1.54, 1.807) is 36.4 Å². The summed E-state index contributed by atoms with van der Waals surface area (Å²) in [5.41, 5.74) is 2.19. The van der Waals surface area contributed by atoms with E-state index < -0.39 is 11.8 Å². The molecule has 1 saturated heterocycles. The number of benzene rings is 2. The van der Waals surface area contributed by atoms with E-state index in [1.807, 2.05) is 12.1 Å². The van der Waals surface area contributed by atoms with Crippen LogP contribution in [-0.4, -0.2) is 51.8 Å². The summed E-state index contributed by atoms with van der Waals surface area (Å²) in [5, 5.41) is 2.29. The fourth-order valence-corrected chi connectivity index (χ4v) is 4.15. The molecule has 2 aromatic carbocycles. The number of ether oxygens (including phenoxy) is 2. The highest BCUT2D eigenvalue weighted by Gasteiger charge is 2.34. The van der Waals surface area contributed by atoms with Gasteiger partial charge in [-0.25, -0.2) is 4.98 Å². The summed E-state index contributed by atoms with van der Waals surface area (Å²) in [7, 11) is 0. The van der Waals surface area contributed by atoms with Gasteiger partial charge in [0, 0.05) is 13.1 Å². The van der Waals surface area contributed by atoms with Crippen molar-refractivity contribution in [1.29, 1.82) is 0 Å². The van der Waals surface area contributed by atoms with Gasteiger partial charge in [-0.15, -0.1) is 0 Å². The number of thioether (sulfide) groups is 1. The smallest absolute Gasteiger partial charge is 0.293 e.